The van der Waals surface area contributed by atoms with Crippen LogP contribution in [0.15, 0.2) is 0 Å². The standard InChI is InChI=1S/C42H65N13O22/c1-42(2,3)77-41(72)51-12-28(59)50-16-36(67)55(24-40(71)76-7)20-32(63)47-11-27(58)49-15-35(66)54(23-39(70)75-6)18-30(61)45-9-8-44-29(60)17-53(22-38(69)74-5)34(65)14-48-26(57)10-46-31(62)19-52(21-37(68)73-4)33(64)13-43-25-56/h25H,8-24H2,1-7H3,(H,43,56)(H,44,60)(H,45,61)(H,46,62)(H,47,63)(H,48,57)(H,49,58)(H,50,59)(H,51,72). The van der Waals surface area contributed by atoms with Crippen LogP contribution in [-0.4, -0.2) is 266 Å². The van der Waals surface area contributed by atoms with Crippen LogP contribution in [0.25, 0.3) is 0 Å². The first-order chi connectivity index (χ1) is 36.2. The molecule has 35 nitrogen and oxygen atoms in total. The molecular weight excluding hydrogens is 1040 g/mol. The SMILES string of the molecule is COC(=O)CN(CC(=O)NCC(=O)NCC(=O)N(CC(=O)NCCNC(=O)CN(CC(=O)OC)C(=O)CNC(=O)CNC(=O)CN(CC(=O)OC)C(=O)CNC(=O)CNC(=O)OC(C)(C)C)CC(=O)OC)C(=O)CNC=O. The number of carbonyl (C=O) groups excluding carboxylic acids is 17. The molecule has 0 aliphatic heterocycles. The summed E-state index contributed by atoms with van der Waals surface area (Å²) in [5.41, 5.74) is -0.844. The van der Waals surface area contributed by atoms with Crippen molar-refractivity contribution in [1.82, 2.24) is 67.5 Å². The number of carbonyl (C=O) groups is 17. The molecule has 0 saturated heterocycles. The zero-order chi connectivity index (χ0) is 58.7. The first-order valence-corrected chi connectivity index (χ1v) is 22.6. The number of hydrogen-bond donors (Lipinski definition) is 9. The topological polar surface area (TPSA) is 458 Å². The van der Waals surface area contributed by atoms with Crippen LogP contribution < -0.4 is 47.9 Å². The molecule has 35 heteroatoms. The van der Waals surface area contributed by atoms with Crippen molar-refractivity contribution >= 4 is 101 Å². The third-order valence-electron chi connectivity index (χ3n) is 9.04. The molecule has 0 aliphatic carbocycles. The van der Waals surface area contributed by atoms with Crippen LogP contribution in [0.1, 0.15) is 20.8 Å². The minimum atomic E-state index is -0.980. The number of amides is 13. The summed E-state index contributed by atoms with van der Waals surface area (Å²) in [5.74, 6) is -13.8. The molecule has 0 unspecified atom stereocenters. The molecule has 0 rings (SSSR count). The quantitative estimate of drug-likeness (QED) is 0.0125. The van der Waals surface area contributed by atoms with Gasteiger partial charge in [-0.3, -0.25) is 76.7 Å². The first-order valence-electron chi connectivity index (χ1n) is 22.6. The lowest BCUT2D eigenvalue weighted by molar-refractivity contribution is -0.148. The lowest BCUT2D eigenvalue weighted by atomic mass is 10.2. The Bertz CT molecular complexity index is 2170. The minimum Gasteiger partial charge on any atom is -0.468 e. The van der Waals surface area contributed by atoms with Gasteiger partial charge < -0.3 is 91.1 Å². The monoisotopic (exact) mass is 1100 g/mol. The summed E-state index contributed by atoms with van der Waals surface area (Å²) in [6.45, 7) is -6.69. The van der Waals surface area contributed by atoms with Gasteiger partial charge in [-0.05, 0) is 20.8 Å². The molecule has 0 aromatic heterocycles. The van der Waals surface area contributed by atoms with Gasteiger partial charge in [-0.2, -0.15) is 0 Å². The van der Waals surface area contributed by atoms with E-state index in [9.17, 15) is 81.5 Å². The van der Waals surface area contributed by atoms with E-state index in [1.165, 1.54) is 0 Å². The second-order valence-corrected chi connectivity index (χ2v) is 16.2. The van der Waals surface area contributed by atoms with Gasteiger partial charge >= 0.3 is 30.0 Å². The van der Waals surface area contributed by atoms with Crippen LogP contribution in [-0.2, 0) is 100 Å². The third kappa shape index (κ3) is 32.6. The van der Waals surface area contributed by atoms with Crippen LogP contribution in [0.2, 0.25) is 0 Å². The van der Waals surface area contributed by atoms with Crippen LogP contribution in [0, 0.1) is 0 Å². The number of nitrogens with zero attached hydrogens (tertiary/aromatic N) is 4. The largest absolute Gasteiger partial charge is 0.468 e. The Labute approximate surface area is 439 Å². The van der Waals surface area contributed by atoms with Gasteiger partial charge in [-0.1, -0.05) is 0 Å². The van der Waals surface area contributed by atoms with Crippen LogP contribution >= 0.6 is 0 Å². The van der Waals surface area contributed by atoms with Crippen LogP contribution in [0.4, 0.5) is 4.79 Å². The Kier molecular flexibility index (Phi) is 32.3. The molecule has 0 saturated carbocycles. The fourth-order valence-electron chi connectivity index (χ4n) is 5.24. The molecule has 13 amide bonds. The zero-order valence-corrected chi connectivity index (χ0v) is 43.4. The maximum Gasteiger partial charge on any atom is 0.408 e. The van der Waals surface area contributed by atoms with Gasteiger partial charge in [0.1, 0.15) is 64.5 Å². The van der Waals surface area contributed by atoms with Gasteiger partial charge in [0.15, 0.2) is 0 Å². The zero-order valence-electron chi connectivity index (χ0n) is 43.4. The molecule has 0 atom stereocenters. The molecule has 0 fully saturated rings. The van der Waals surface area contributed by atoms with Crippen LogP contribution in [0.5, 0.6) is 0 Å². The summed E-state index contributed by atoms with van der Waals surface area (Å²) >= 11 is 0. The number of alkyl carbamates (subject to hydrolysis) is 1. The van der Waals surface area contributed by atoms with Crippen molar-refractivity contribution in [2.24, 2.45) is 0 Å². The summed E-state index contributed by atoms with van der Waals surface area (Å²) in [6, 6.07) is 0. The number of hydrogen-bond acceptors (Lipinski definition) is 22. The van der Waals surface area contributed by atoms with E-state index in [0.29, 0.717) is 14.7 Å². The van der Waals surface area contributed by atoms with Crippen molar-refractivity contribution in [3.8, 4) is 0 Å². The smallest absolute Gasteiger partial charge is 0.408 e. The number of rotatable bonds is 34. The Morgan fingerprint density at radius 3 is 0.883 bits per heavy atom. The lowest BCUT2D eigenvalue weighted by Gasteiger charge is -2.22. The fourth-order valence-corrected chi connectivity index (χ4v) is 5.24. The van der Waals surface area contributed by atoms with Gasteiger partial charge in [0.2, 0.25) is 71.4 Å². The van der Waals surface area contributed by atoms with E-state index in [-0.39, 0.29) is 19.5 Å². The maximum absolute atomic E-state index is 13.0. The molecule has 0 aliphatic rings. The van der Waals surface area contributed by atoms with Crippen molar-refractivity contribution in [2.45, 2.75) is 26.4 Å². The van der Waals surface area contributed by atoms with E-state index >= 15 is 0 Å². The second-order valence-electron chi connectivity index (χ2n) is 16.2. The van der Waals surface area contributed by atoms with Crippen molar-refractivity contribution in [2.75, 3.05) is 140 Å². The highest BCUT2D eigenvalue weighted by atomic mass is 16.6. The third-order valence-corrected chi connectivity index (χ3v) is 9.04. The molecule has 9 N–H and O–H groups in total. The predicted molar refractivity (Wildman–Crippen MR) is 254 cm³/mol. The summed E-state index contributed by atoms with van der Waals surface area (Å²) in [5, 5.41) is 19.9. The molecule has 0 aromatic carbocycles. The number of esters is 4. The number of methoxy groups -OCH3 is 4. The Morgan fingerprint density at radius 2 is 0.610 bits per heavy atom. The molecule has 0 bridgehead atoms. The van der Waals surface area contributed by atoms with Crippen molar-refractivity contribution in [3.63, 3.8) is 0 Å². The molecular formula is C42H65N13O22. The van der Waals surface area contributed by atoms with E-state index in [2.05, 4.69) is 66.8 Å². The summed E-state index contributed by atoms with van der Waals surface area (Å²) in [7, 11) is 4.05. The lowest BCUT2D eigenvalue weighted by Crippen LogP contribution is -2.51. The Balaban J connectivity index is 5.20. The van der Waals surface area contributed by atoms with Gasteiger partial charge in [-0.15, -0.1) is 0 Å². The van der Waals surface area contributed by atoms with Crippen LogP contribution in [0.3, 0.4) is 0 Å². The summed E-state index contributed by atoms with van der Waals surface area (Å²) < 4.78 is 23.1. The fraction of sp³-hybridized carbons (Fsp3) is 0.595. The van der Waals surface area contributed by atoms with Crippen molar-refractivity contribution in [3.05, 3.63) is 0 Å². The normalized spacial score (nSPS) is 10.2. The average molecular weight is 1100 g/mol. The van der Waals surface area contributed by atoms with E-state index in [4.69, 9.17) is 4.74 Å². The van der Waals surface area contributed by atoms with Crippen molar-refractivity contribution < 1.29 is 105 Å². The molecule has 0 radical (unpaired) electrons. The number of nitrogens with one attached hydrogen (secondary N) is 9. The summed E-state index contributed by atoms with van der Waals surface area (Å²) in [6.07, 6.45) is -0.685. The molecule has 0 heterocycles. The van der Waals surface area contributed by atoms with E-state index < -0.39 is 199 Å². The highest BCUT2D eigenvalue weighted by Crippen LogP contribution is 2.06. The van der Waals surface area contributed by atoms with Crippen molar-refractivity contribution in [1.29, 1.82) is 0 Å². The van der Waals surface area contributed by atoms with E-state index in [1.807, 2.05) is 0 Å². The maximum atomic E-state index is 13.0. The Hall–Kier alpha value is -9.21. The minimum absolute atomic E-state index is 0.217. The van der Waals surface area contributed by atoms with Gasteiger partial charge in [0, 0.05) is 13.1 Å². The average Bonchev–Trinajstić information content (AvgIpc) is 3.37. The first kappa shape index (κ1) is 67.8. The van der Waals surface area contributed by atoms with Gasteiger partial charge in [0.25, 0.3) is 0 Å². The molecule has 430 valence electrons. The molecule has 0 aromatic rings. The van der Waals surface area contributed by atoms with Gasteiger partial charge in [0.05, 0.1) is 67.7 Å². The Morgan fingerprint density at radius 1 is 0.351 bits per heavy atom. The summed E-state index contributed by atoms with van der Waals surface area (Å²) in [4.78, 5) is 211. The van der Waals surface area contributed by atoms with Gasteiger partial charge in [-0.25, -0.2) is 4.79 Å². The number of ether oxygens (including phenoxy) is 5. The highest BCUT2D eigenvalue weighted by Gasteiger charge is 2.26. The molecule has 77 heavy (non-hydrogen) atoms. The predicted octanol–water partition coefficient (Wildman–Crippen LogP) is -9.92. The van der Waals surface area contributed by atoms with E-state index in [0.717, 1.165) is 33.3 Å². The van der Waals surface area contributed by atoms with E-state index in [1.54, 1.807) is 20.8 Å². The molecule has 0 spiro atoms. The second kappa shape index (κ2) is 36.7. The highest BCUT2D eigenvalue weighted by molar-refractivity contribution is 5.95.